The third kappa shape index (κ3) is 7.21. The fraction of sp³-hybridized carbons (Fsp3) is 0.531. The number of fused-ring (bicyclic) bond motifs is 2. The van der Waals surface area contributed by atoms with Crippen LogP contribution in [0.15, 0.2) is 24.3 Å². The van der Waals surface area contributed by atoms with Crippen LogP contribution in [0.2, 0.25) is 0 Å². The van der Waals surface area contributed by atoms with Crippen LogP contribution in [0.5, 0.6) is 0 Å². The van der Waals surface area contributed by atoms with Crippen LogP contribution in [0.25, 0.3) is 21.1 Å². The number of likely N-dealkylation sites (tertiary alicyclic amines) is 2. The summed E-state index contributed by atoms with van der Waals surface area (Å²) in [6.07, 6.45) is -3.83. The van der Waals surface area contributed by atoms with Gasteiger partial charge < -0.3 is 20.1 Å². The van der Waals surface area contributed by atoms with E-state index in [1.807, 2.05) is 15.5 Å². The van der Waals surface area contributed by atoms with Crippen LogP contribution in [0.4, 0.5) is 33.7 Å². The Morgan fingerprint density at radius 3 is 2.43 bits per heavy atom. The summed E-state index contributed by atoms with van der Waals surface area (Å²) in [5, 5.41) is 17.9. The van der Waals surface area contributed by atoms with Crippen LogP contribution in [-0.4, -0.2) is 82.2 Å². The molecule has 0 saturated carbocycles. The zero-order valence-corrected chi connectivity index (χ0v) is 26.7. The number of alkyl halides is 5. The lowest BCUT2D eigenvalue weighted by molar-refractivity contribution is -0.126. The third-order valence-corrected chi connectivity index (χ3v) is 10.2. The molecule has 46 heavy (non-hydrogen) atoms. The molecule has 2 saturated heterocycles. The molecule has 3 aromatic heterocycles. The van der Waals surface area contributed by atoms with E-state index in [-0.39, 0.29) is 23.8 Å². The monoisotopic (exact) mass is 660 g/mol. The van der Waals surface area contributed by atoms with E-state index in [4.69, 9.17) is 0 Å². The van der Waals surface area contributed by atoms with E-state index in [1.54, 1.807) is 13.1 Å². The highest BCUT2D eigenvalue weighted by molar-refractivity contribution is 7.18. The van der Waals surface area contributed by atoms with Crippen LogP contribution >= 0.6 is 11.3 Å². The van der Waals surface area contributed by atoms with E-state index < -0.39 is 18.5 Å². The van der Waals surface area contributed by atoms with Crippen molar-refractivity contribution in [1.29, 1.82) is 5.26 Å². The average molecular weight is 661 g/mol. The molecule has 0 atom stereocenters. The first kappa shape index (κ1) is 32.4. The van der Waals surface area contributed by atoms with Crippen molar-refractivity contribution in [2.45, 2.75) is 70.3 Å². The normalized spacial score (nSPS) is 18.3. The first-order valence-electron chi connectivity index (χ1n) is 15.6. The number of benzene rings is 1. The van der Waals surface area contributed by atoms with Gasteiger partial charge in [-0.2, -0.15) is 23.4 Å². The Bertz CT molecular complexity index is 1740. The fourth-order valence-corrected chi connectivity index (χ4v) is 7.58. The van der Waals surface area contributed by atoms with Gasteiger partial charge >= 0.3 is 6.18 Å². The van der Waals surface area contributed by atoms with E-state index in [0.29, 0.717) is 53.9 Å². The standard InChI is InChI=1S/C32H37F5N8S/c1-20-21(3-4-27-25(20)15-23(18-38)45(27)14-13-43-11-7-31(33,34)8-12-43)19-44-9-5-22(6-10-44)40-28-26-16-24(17-32(35,36)37)46-29(26)42-30(39-2)41-28/h3-4,15-16,22H,5-14,17,19H2,1-2H3,(H2,39,40,41,42). The lowest BCUT2D eigenvalue weighted by Crippen LogP contribution is -2.40. The summed E-state index contributed by atoms with van der Waals surface area (Å²) < 4.78 is 68.3. The van der Waals surface area contributed by atoms with E-state index in [1.165, 1.54) is 5.56 Å². The predicted molar refractivity (Wildman–Crippen MR) is 171 cm³/mol. The number of thiophene rings is 1. The van der Waals surface area contributed by atoms with Gasteiger partial charge in [0.05, 0.1) is 11.8 Å². The molecule has 0 aliphatic carbocycles. The van der Waals surface area contributed by atoms with E-state index >= 15 is 0 Å². The van der Waals surface area contributed by atoms with Gasteiger partial charge in [-0.05, 0) is 49.1 Å². The lowest BCUT2D eigenvalue weighted by atomic mass is 10.0. The maximum atomic E-state index is 13.6. The Labute approximate surface area is 268 Å². The average Bonchev–Trinajstić information content (AvgIpc) is 3.58. The second-order valence-corrected chi connectivity index (χ2v) is 13.5. The Morgan fingerprint density at radius 1 is 1.02 bits per heavy atom. The molecule has 0 unspecified atom stereocenters. The van der Waals surface area contributed by atoms with Gasteiger partial charge in [-0.25, -0.2) is 13.8 Å². The number of rotatable bonds is 9. The smallest absolute Gasteiger partial charge is 0.367 e. The molecule has 246 valence electrons. The largest absolute Gasteiger partial charge is 0.393 e. The van der Waals surface area contributed by atoms with Crippen molar-refractivity contribution in [3.8, 4) is 6.07 Å². The molecule has 14 heteroatoms. The summed E-state index contributed by atoms with van der Waals surface area (Å²) in [4.78, 5) is 14.1. The van der Waals surface area contributed by atoms with Crippen molar-refractivity contribution < 1.29 is 22.0 Å². The molecular weight excluding hydrogens is 623 g/mol. The number of anilines is 2. The third-order valence-electron chi connectivity index (χ3n) is 9.17. The van der Waals surface area contributed by atoms with Gasteiger partial charge in [-0.3, -0.25) is 4.90 Å². The summed E-state index contributed by atoms with van der Waals surface area (Å²) in [7, 11) is 1.68. The van der Waals surface area contributed by atoms with Gasteiger partial charge in [0, 0.05) is 87.5 Å². The summed E-state index contributed by atoms with van der Waals surface area (Å²) in [5.41, 5.74) is 3.86. The second-order valence-electron chi connectivity index (χ2n) is 12.3. The number of nitrogens with one attached hydrogen (secondary N) is 2. The van der Waals surface area contributed by atoms with E-state index in [2.05, 4.69) is 50.6 Å². The number of piperidine rings is 2. The van der Waals surface area contributed by atoms with Gasteiger partial charge in [0.25, 0.3) is 5.92 Å². The molecule has 8 nitrogen and oxygen atoms in total. The summed E-state index contributed by atoms with van der Waals surface area (Å²) >= 11 is 1.04. The Hall–Kier alpha value is -3.54. The minimum absolute atomic E-state index is 0.118. The molecule has 5 heterocycles. The second kappa shape index (κ2) is 12.9. The molecule has 6 rings (SSSR count). The highest BCUT2D eigenvalue weighted by Gasteiger charge is 2.34. The number of hydrogen-bond donors (Lipinski definition) is 2. The highest BCUT2D eigenvalue weighted by atomic mass is 32.1. The maximum Gasteiger partial charge on any atom is 0.393 e. The van der Waals surface area contributed by atoms with Crippen molar-refractivity contribution in [1.82, 2.24) is 24.3 Å². The Morgan fingerprint density at radius 2 is 1.76 bits per heavy atom. The summed E-state index contributed by atoms with van der Waals surface area (Å²) in [6.45, 7) is 6.43. The van der Waals surface area contributed by atoms with E-state index in [0.717, 1.165) is 60.3 Å². The molecule has 1 aromatic carbocycles. The first-order valence-corrected chi connectivity index (χ1v) is 16.4. The van der Waals surface area contributed by atoms with Crippen LogP contribution < -0.4 is 10.6 Å². The number of nitrogens with zero attached hydrogens (tertiary/aromatic N) is 6. The highest BCUT2D eigenvalue weighted by Crippen LogP contribution is 2.35. The van der Waals surface area contributed by atoms with Gasteiger partial charge in [0.1, 0.15) is 22.4 Å². The molecule has 0 bridgehead atoms. The fourth-order valence-electron chi connectivity index (χ4n) is 6.52. The van der Waals surface area contributed by atoms with Gasteiger partial charge in [-0.15, -0.1) is 11.3 Å². The van der Waals surface area contributed by atoms with Crippen molar-refractivity contribution in [2.75, 3.05) is 50.4 Å². The summed E-state index contributed by atoms with van der Waals surface area (Å²) in [5.74, 6) is -1.66. The van der Waals surface area contributed by atoms with Gasteiger partial charge in [0.2, 0.25) is 5.95 Å². The van der Waals surface area contributed by atoms with E-state index in [9.17, 15) is 27.2 Å². The Balaban J connectivity index is 1.10. The maximum absolute atomic E-state index is 13.6. The molecular formula is C32H37F5N8S. The number of hydrogen-bond acceptors (Lipinski definition) is 8. The molecule has 0 amide bonds. The number of aromatic nitrogens is 3. The Kier molecular flexibility index (Phi) is 9.11. The minimum atomic E-state index is -4.29. The van der Waals surface area contributed by atoms with Crippen molar-refractivity contribution in [2.24, 2.45) is 0 Å². The zero-order valence-electron chi connectivity index (χ0n) is 25.9. The van der Waals surface area contributed by atoms with Crippen molar-refractivity contribution in [3.05, 3.63) is 46.0 Å². The first-order chi connectivity index (χ1) is 21.9. The molecule has 2 aliphatic heterocycles. The van der Waals surface area contributed by atoms with Crippen LogP contribution in [-0.2, 0) is 19.5 Å². The predicted octanol–water partition coefficient (Wildman–Crippen LogP) is 6.78. The summed E-state index contributed by atoms with van der Waals surface area (Å²) in [6, 6.07) is 10.1. The number of nitriles is 1. The quantitative estimate of drug-likeness (QED) is 0.192. The number of halogens is 5. The number of aryl methyl sites for hydroxylation is 1. The van der Waals surface area contributed by atoms with Crippen LogP contribution in [0.3, 0.4) is 0 Å². The molecule has 2 fully saturated rings. The van der Waals surface area contributed by atoms with Crippen LogP contribution in [0.1, 0.15) is 47.4 Å². The lowest BCUT2D eigenvalue weighted by Gasteiger charge is -2.33. The minimum Gasteiger partial charge on any atom is -0.367 e. The zero-order chi connectivity index (χ0) is 32.6. The van der Waals surface area contributed by atoms with Crippen LogP contribution in [0, 0.1) is 18.3 Å². The van der Waals surface area contributed by atoms with Gasteiger partial charge in [-0.1, -0.05) is 6.07 Å². The molecule has 0 radical (unpaired) electrons. The molecule has 4 aromatic rings. The molecule has 2 N–H and O–H groups in total. The molecule has 0 spiro atoms. The SMILES string of the molecule is CNc1nc(NC2CCN(Cc3ccc4c(cc(C#N)n4CCN4CCC(F)(F)CC4)c3C)CC2)c2cc(CC(F)(F)F)sc2n1. The van der Waals surface area contributed by atoms with Gasteiger partial charge in [0.15, 0.2) is 0 Å². The van der Waals surface area contributed by atoms with Crippen molar-refractivity contribution in [3.63, 3.8) is 0 Å². The topological polar surface area (TPSA) is 85.0 Å². The molecule has 2 aliphatic rings. The van der Waals surface area contributed by atoms with Crippen molar-refractivity contribution >= 4 is 44.2 Å².